The summed E-state index contributed by atoms with van der Waals surface area (Å²) in [4.78, 5) is 45.8. The van der Waals surface area contributed by atoms with Gasteiger partial charge in [-0.15, -0.1) is 0 Å². The molecule has 0 bridgehead atoms. The van der Waals surface area contributed by atoms with E-state index < -0.39 is 88.7 Å². The Balaban J connectivity index is 0.000000470. The van der Waals surface area contributed by atoms with Crippen LogP contribution in [0.15, 0.2) is 24.3 Å². The molecule has 0 aliphatic rings. The van der Waals surface area contributed by atoms with Gasteiger partial charge in [-0.05, 0) is 77.6 Å². The van der Waals surface area contributed by atoms with E-state index in [4.69, 9.17) is 14.6 Å². The zero-order valence-corrected chi connectivity index (χ0v) is 26.9. The molecule has 0 radical (unpaired) electrons. The third-order valence-electron chi connectivity index (χ3n) is 5.61. The number of esters is 1. The molecule has 10 nitrogen and oxygen atoms in total. The van der Waals surface area contributed by atoms with Crippen LogP contribution in [0.4, 0.5) is 35.9 Å². The van der Waals surface area contributed by atoms with Gasteiger partial charge in [0.1, 0.15) is 22.8 Å². The summed E-state index contributed by atoms with van der Waals surface area (Å²) in [5, 5.41) is 13.5. The average molecular weight is 681 g/mol. The second-order valence-electron chi connectivity index (χ2n) is 12.2. The van der Waals surface area contributed by atoms with Crippen LogP contribution < -0.4 is 10.6 Å². The van der Waals surface area contributed by atoms with Crippen molar-refractivity contribution >= 4 is 24.1 Å². The van der Waals surface area contributed by atoms with Crippen LogP contribution in [-0.2, 0) is 36.6 Å². The molecule has 2 aromatic carbocycles. The first kappa shape index (κ1) is 40.5. The molecule has 0 fully saturated rings. The lowest BCUT2D eigenvalue weighted by molar-refractivity contribution is -0.141. The van der Waals surface area contributed by atoms with Crippen molar-refractivity contribution in [1.29, 1.82) is 0 Å². The number of carboxylic acid groups (broad SMARTS) is 1. The number of methoxy groups -OCH3 is 1. The fourth-order valence-electron chi connectivity index (χ4n) is 3.76. The number of carboxylic acids is 1. The first-order chi connectivity index (χ1) is 21.5. The van der Waals surface area contributed by atoms with Gasteiger partial charge in [0.15, 0.2) is 23.3 Å². The van der Waals surface area contributed by atoms with E-state index in [9.17, 15) is 45.5 Å². The molecular weight excluding hydrogens is 642 g/mol. The molecule has 3 N–H and O–H groups in total. The minimum atomic E-state index is -1.35. The number of carbonyl (C=O) groups excluding carboxylic acids is 3. The van der Waals surface area contributed by atoms with Crippen LogP contribution in [0.25, 0.3) is 0 Å². The summed E-state index contributed by atoms with van der Waals surface area (Å²) in [6.07, 6.45) is -3.08. The molecule has 0 saturated carbocycles. The van der Waals surface area contributed by atoms with Gasteiger partial charge in [-0.1, -0.05) is 0 Å². The maximum absolute atomic E-state index is 13.8. The standard InChI is InChI=1S/C16H20F3NO4.C15H18F3NO4/c1-16(2,3)24-15(22)20-10(7-14(21)23-4)5-9-6-12(18)13(19)8-11(9)17;1-15(2,3)23-14(22)19-9(6-13(20)21)4-8-5-11(17)12(18)7-10(8)16/h6,8,10H,5,7H2,1-4H3,(H,20,22);5,7,9H,4,6H2,1-3H3,(H,19,22)(H,20,21)/t10-;9-/m11/s1. The SMILES string of the molecule is CC(C)(C)OC(=O)N[C@@H](CC(=O)O)Cc1cc(F)c(F)cc1F.COC(=O)C[C@@H](Cc1cc(F)c(F)cc1F)NC(=O)OC(C)(C)C. The Hall–Kier alpha value is -4.50. The molecule has 2 atom stereocenters. The predicted octanol–water partition coefficient (Wildman–Crippen LogP) is 6.12. The minimum absolute atomic E-state index is 0.182. The number of hydrogen-bond acceptors (Lipinski definition) is 7. The summed E-state index contributed by atoms with van der Waals surface area (Å²) in [5.74, 6) is -9.04. The third-order valence-corrected chi connectivity index (χ3v) is 5.61. The van der Waals surface area contributed by atoms with E-state index in [1.165, 1.54) is 0 Å². The molecule has 47 heavy (non-hydrogen) atoms. The molecule has 0 saturated heterocycles. The summed E-state index contributed by atoms with van der Waals surface area (Å²) in [5.41, 5.74) is -2.00. The highest BCUT2D eigenvalue weighted by Gasteiger charge is 2.25. The lowest BCUT2D eigenvalue weighted by Crippen LogP contribution is -2.41. The van der Waals surface area contributed by atoms with Crippen molar-refractivity contribution in [1.82, 2.24) is 10.6 Å². The highest BCUT2D eigenvalue weighted by molar-refractivity contribution is 5.73. The van der Waals surface area contributed by atoms with Crippen molar-refractivity contribution in [2.24, 2.45) is 0 Å². The molecule has 0 aliphatic carbocycles. The van der Waals surface area contributed by atoms with E-state index in [0.717, 1.165) is 7.11 Å². The Morgan fingerprint density at radius 3 is 1.30 bits per heavy atom. The molecule has 0 unspecified atom stereocenters. The Labute approximate surface area is 267 Å². The fraction of sp³-hybridized carbons (Fsp3) is 0.484. The van der Waals surface area contributed by atoms with E-state index >= 15 is 0 Å². The maximum Gasteiger partial charge on any atom is 0.407 e. The topological polar surface area (TPSA) is 140 Å². The van der Waals surface area contributed by atoms with Crippen LogP contribution in [-0.4, -0.2) is 59.6 Å². The van der Waals surface area contributed by atoms with E-state index in [1.807, 2.05) is 0 Å². The Morgan fingerprint density at radius 2 is 0.979 bits per heavy atom. The van der Waals surface area contributed by atoms with Crippen molar-refractivity contribution in [3.05, 3.63) is 70.3 Å². The van der Waals surface area contributed by atoms with Crippen molar-refractivity contribution in [2.45, 2.75) is 90.5 Å². The lowest BCUT2D eigenvalue weighted by atomic mass is 10.0. The molecule has 2 rings (SSSR count). The molecule has 0 aliphatic heterocycles. The molecular formula is C31H38F6N2O8. The fourth-order valence-corrected chi connectivity index (χ4v) is 3.76. The monoisotopic (exact) mass is 680 g/mol. The average Bonchev–Trinajstić information content (AvgIpc) is 2.88. The Morgan fingerprint density at radius 1 is 0.638 bits per heavy atom. The van der Waals surface area contributed by atoms with Gasteiger partial charge >= 0.3 is 24.1 Å². The van der Waals surface area contributed by atoms with Crippen molar-refractivity contribution < 1.29 is 64.8 Å². The normalized spacial score (nSPS) is 12.5. The first-order valence-electron chi connectivity index (χ1n) is 14.0. The number of alkyl carbamates (subject to hydrolysis) is 2. The largest absolute Gasteiger partial charge is 0.481 e. The van der Waals surface area contributed by atoms with Gasteiger partial charge < -0.3 is 30.0 Å². The second kappa shape index (κ2) is 17.4. The highest BCUT2D eigenvalue weighted by atomic mass is 19.2. The van der Waals surface area contributed by atoms with Crippen LogP contribution in [0.2, 0.25) is 0 Å². The number of amides is 2. The van der Waals surface area contributed by atoms with E-state index in [0.29, 0.717) is 24.3 Å². The van der Waals surface area contributed by atoms with E-state index in [1.54, 1.807) is 41.5 Å². The quantitative estimate of drug-likeness (QED) is 0.118. The Bertz CT molecular complexity index is 1430. The summed E-state index contributed by atoms with van der Waals surface area (Å²) < 4.78 is 94.3. The maximum atomic E-state index is 13.8. The molecule has 2 aromatic rings. The first-order valence-corrected chi connectivity index (χ1v) is 14.0. The number of halogens is 6. The van der Waals surface area contributed by atoms with Crippen LogP contribution in [0, 0.1) is 34.9 Å². The highest BCUT2D eigenvalue weighted by Crippen LogP contribution is 2.19. The number of carbonyl (C=O) groups is 4. The molecule has 262 valence electrons. The van der Waals surface area contributed by atoms with Gasteiger partial charge in [0, 0.05) is 24.2 Å². The number of aliphatic carboxylic acids is 1. The number of nitrogens with one attached hydrogen (secondary N) is 2. The lowest BCUT2D eigenvalue weighted by Gasteiger charge is -2.23. The van der Waals surface area contributed by atoms with E-state index in [2.05, 4.69) is 15.4 Å². The third kappa shape index (κ3) is 16.1. The van der Waals surface area contributed by atoms with Gasteiger partial charge in [-0.25, -0.2) is 35.9 Å². The smallest absolute Gasteiger partial charge is 0.407 e. The molecule has 2 amide bonds. The summed E-state index contributed by atoms with van der Waals surface area (Å²) >= 11 is 0. The van der Waals surface area contributed by atoms with Crippen molar-refractivity contribution in [3.8, 4) is 0 Å². The Kier molecular flexibility index (Phi) is 15.0. The van der Waals surface area contributed by atoms with E-state index in [-0.39, 0.29) is 30.4 Å². The minimum Gasteiger partial charge on any atom is -0.481 e. The summed E-state index contributed by atoms with van der Waals surface area (Å²) in [6.45, 7) is 9.81. The zero-order valence-electron chi connectivity index (χ0n) is 26.9. The van der Waals surface area contributed by atoms with Gasteiger partial charge in [-0.3, -0.25) is 9.59 Å². The van der Waals surface area contributed by atoms with Crippen LogP contribution >= 0.6 is 0 Å². The number of benzene rings is 2. The van der Waals surface area contributed by atoms with Gasteiger partial charge in [0.25, 0.3) is 0 Å². The second-order valence-corrected chi connectivity index (χ2v) is 12.2. The predicted molar refractivity (Wildman–Crippen MR) is 155 cm³/mol. The van der Waals surface area contributed by atoms with Crippen molar-refractivity contribution in [3.63, 3.8) is 0 Å². The molecule has 16 heteroatoms. The number of rotatable bonds is 10. The summed E-state index contributed by atoms with van der Waals surface area (Å²) in [7, 11) is 1.16. The molecule has 0 spiro atoms. The van der Waals surface area contributed by atoms with Crippen LogP contribution in [0.1, 0.15) is 65.5 Å². The number of hydrogen-bond donors (Lipinski definition) is 3. The van der Waals surface area contributed by atoms with Gasteiger partial charge in [0.05, 0.1) is 20.0 Å². The van der Waals surface area contributed by atoms with Crippen molar-refractivity contribution in [2.75, 3.05) is 7.11 Å². The summed E-state index contributed by atoms with van der Waals surface area (Å²) in [6, 6.07) is 0.152. The van der Waals surface area contributed by atoms with Crippen LogP contribution in [0.5, 0.6) is 0 Å². The molecule has 0 heterocycles. The molecule has 0 aromatic heterocycles. The zero-order chi connectivity index (χ0) is 36.3. The number of ether oxygens (including phenoxy) is 3. The van der Waals surface area contributed by atoms with Gasteiger partial charge in [-0.2, -0.15) is 0 Å². The van der Waals surface area contributed by atoms with Gasteiger partial charge in [0.2, 0.25) is 0 Å². The van der Waals surface area contributed by atoms with Crippen LogP contribution in [0.3, 0.4) is 0 Å².